The number of ether oxygens (including phenoxy) is 1. The van der Waals surface area contributed by atoms with Crippen molar-refractivity contribution < 1.29 is 9.53 Å². The van der Waals surface area contributed by atoms with Crippen LogP contribution >= 0.6 is 23.4 Å². The zero-order valence-electron chi connectivity index (χ0n) is 15.7. The molecule has 0 atom stereocenters. The summed E-state index contributed by atoms with van der Waals surface area (Å²) >= 11 is 7.54. The molecule has 0 bridgehead atoms. The Hall–Kier alpha value is -2.35. The number of hydrogen-bond acceptors (Lipinski definition) is 5. The number of carbonyl (C=O) groups excluding carboxylic acids is 1. The van der Waals surface area contributed by atoms with Crippen LogP contribution in [0.5, 0.6) is 0 Å². The molecule has 28 heavy (non-hydrogen) atoms. The van der Waals surface area contributed by atoms with Gasteiger partial charge in [0.2, 0.25) is 5.91 Å². The molecule has 146 valence electrons. The third kappa shape index (κ3) is 5.34. The number of hydrogen-bond donors (Lipinski definition) is 1. The van der Waals surface area contributed by atoms with E-state index in [1.807, 2.05) is 54.0 Å². The molecule has 0 fully saturated rings. The van der Waals surface area contributed by atoms with Gasteiger partial charge in [-0.2, -0.15) is 0 Å². The highest BCUT2D eigenvalue weighted by atomic mass is 35.5. The highest BCUT2D eigenvalue weighted by molar-refractivity contribution is 7.99. The maximum atomic E-state index is 12.2. The Balaban J connectivity index is 1.56. The third-order valence-corrected chi connectivity index (χ3v) is 5.42. The standard InChI is InChI=1S/C20H21ClN4O2S/c1-14-6-7-17(9-18(14)21)25-13-23-24-20(25)28-12-19(26)22-10-15-4-3-5-16(8-15)11-27-2/h3-9,13H,10-12H2,1-2H3,(H,22,26). The van der Waals surface area contributed by atoms with E-state index < -0.39 is 0 Å². The van der Waals surface area contributed by atoms with Gasteiger partial charge in [-0.1, -0.05) is 53.7 Å². The first-order chi connectivity index (χ1) is 13.6. The van der Waals surface area contributed by atoms with E-state index in [0.717, 1.165) is 22.4 Å². The van der Waals surface area contributed by atoms with Crippen molar-refractivity contribution in [2.24, 2.45) is 0 Å². The molecule has 0 radical (unpaired) electrons. The van der Waals surface area contributed by atoms with Crippen LogP contribution in [0.4, 0.5) is 0 Å². The zero-order valence-corrected chi connectivity index (χ0v) is 17.3. The molecule has 1 amide bonds. The molecule has 1 N–H and O–H groups in total. The van der Waals surface area contributed by atoms with Gasteiger partial charge >= 0.3 is 0 Å². The van der Waals surface area contributed by atoms with Gasteiger partial charge in [0.25, 0.3) is 0 Å². The molecule has 0 spiro atoms. The van der Waals surface area contributed by atoms with Crippen LogP contribution in [-0.4, -0.2) is 33.5 Å². The summed E-state index contributed by atoms with van der Waals surface area (Å²) in [6.07, 6.45) is 1.61. The van der Waals surface area contributed by atoms with E-state index in [-0.39, 0.29) is 11.7 Å². The number of methoxy groups -OCH3 is 1. The van der Waals surface area contributed by atoms with Crippen molar-refractivity contribution >= 4 is 29.3 Å². The van der Waals surface area contributed by atoms with E-state index in [4.69, 9.17) is 16.3 Å². The number of carbonyl (C=O) groups is 1. The number of amides is 1. The Morgan fingerprint density at radius 3 is 2.86 bits per heavy atom. The SMILES string of the molecule is COCc1cccc(CNC(=O)CSc2nncn2-c2ccc(C)c(Cl)c2)c1. The Morgan fingerprint density at radius 1 is 1.25 bits per heavy atom. The Labute approximate surface area is 173 Å². The van der Waals surface area contributed by atoms with Gasteiger partial charge in [-0.25, -0.2) is 0 Å². The van der Waals surface area contributed by atoms with Crippen LogP contribution in [0.1, 0.15) is 16.7 Å². The number of aromatic nitrogens is 3. The lowest BCUT2D eigenvalue weighted by atomic mass is 10.1. The first-order valence-corrected chi connectivity index (χ1v) is 10.1. The molecule has 0 saturated carbocycles. The van der Waals surface area contributed by atoms with Gasteiger partial charge in [0.1, 0.15) is 6.33 Å². The van der Waals surface area contributed by atoms with Crippen LogP contribution < -0.4 is 5.32 Å². The Bertz CT molecular complexity index is 961. The second-order valence-corrected chi connectivity index (χ2v) is 7.59. The second kappa shape index (κ2) is 9.73. The minimum absolute atomic E-state index is 0.0707. The van der Waals surface area contributed by atoms with Crippen LogP contribution in [0.2, 0.25) is 5.02 Å². The molecular weight excluding hydrogens is 396 g/mol. The predicted molar refractivity (Wildman–Crippen MR) is 111 cm³/mol. The number of aryl methyl sites for hydroxylation is 1. The topological polar surface area (TPSA) is 69.0 Å². The van der Waals surface area contributed by atoms with Gasteiger partial charge in [0.15, 0.2) is 5.16 Å². The zero-order chi connectivity index (χ0) is 19.9. The molecule has 0 saturated heterocycles. The van der Waals surface area contributed by atoms with Gasteiger partial charge in [0.05, 0.1) is 18.0 Å². The quantitative estimate of drug-likeness (QED) is 0.566. The summed E-state index contributed by atoms with van der Waals surface area (Å²) in [6, 6.07) is 13.7. The lowest BCUT2D eigenvalue weighted by molar-refractivity contribution is -0.118. The molecule has 3 aromatic rings. The van der Waals surface area contributed by atoms with E-state index in [9.17, 15) is 4.79 Å². The molecule has 0 aliphatic heterocycles. The molecule has 2 aromatic carbocycles. The van der Waals surface area contributed by atoms with Crippen molar-refractivity contribution in [3.63, 3.8) is 0 Å². The van der Waals surface area contributed by atoms with Gasteiger partial charge in [-0.3, -0.25) is 9.36 Å². The number of rotatable bonds is 8. The summed E-state index contributed by atoms with van der Waals surface area (Å²) in [4.78, 5) is 12.2. The number of nitrogens with zero attached hydrogens (tertiary/aromatic N) is 3. The molecule has 3 rings (SSSR count). The fourth-order valence-corrected chi connectivity index (χ4v) is 3.54. The molecule has 1 heterocycles. The highest BCUT2D eigenvalue weighted by Gasteiger charge is 2.11. The summed E-state index contributed by atoms with van der Waals surface area (Å²) in [5.41, 5.74) is 3.97. The predicted octanol–water partition coefficient (Wildman–Crippen LogP) is 3.78. The highest BCUT2D eigenvalue weighted by Crippen LogP contribution is 2.23. The lowest BCUT2D eigenvalue weighted by Crippen LogP contribution is -2.24. The molecule has 1 aromatic heterocycles. The number of thioether (sulfide) groups is 1. The lowest BCUT2D eigenvalue weighted by Gasteiger charge is -2.09. The summed E-state index contributed by atoms with van der Waals surface area (Å²) in [6.45, 7) is 2.97. The fourth-order valence-electron chi connectivity index (χ4n) is 2.61. The van der Waals surface area contributed by atoms with Crippen molar-refractivity contribution in [2.45, 2.75) is 25.2 Å². The number of halogens is 1. The molecule has 6 nitrogen and oxygen atoms in total. The van der Waals surface area contributed by atoms with Crippen LogP contribution in [0.3, 0.4) is 0 Å². The third-order valence-electron chi connectivity index (χ3n) is 4.07. The Morgan fingerprint density at radius 2 is 2.07 bits per heavy atom. The van der Waals surface area contributed by atoms with E-state index in [1.54, 1.807) is 13.4 Å². The molecule has 0 aliphatic carbocycles. The minimum Gasteiger partial charge on any atom is -0.380 e. The molecule has 0 unspecified atom stereocenters. The molecule has 0 aliphatic rings. The molecular formula is C20H21ClN4O2S. The van der Waals surface area contributed by atoms with Crippen molar-refractivity contribution in [3.05, 3.63) is 70.5 Å². The van der Waals surface area contributed by atoms with E-state index in [2.05, 4.69) is 15.5 Å². The fraction of sp³-hybridized carbons (Fsp3) is 0.250. The maximum absolute atomic E-state index is 12.2. The summed E-state index contributed by atoms with van der Waals surface area (Å²) in [5, 5.41) is 12.3. The first kappa shape index (κ1) is 20.4. The summed E-state index contributed by atoms with van der Waals surface area (Å²) < 4.78 is 6.95. The summed E-state index contributed by atoms with van der Waals surface area (Å²) in [5.74, 6) is 0.175. The van der Waals surface area contributed by atoms with Crippen LogP contribution in [0.25, 0.3) is 5.69 Å². The van der Waals surface area contributed by atoms with Crippen molar-refractivity contribution in [2.75, 3.05) is 12.9 Å². The second-order valence-electron chi connectivity index (χ2n) is 6.24. The average Bonchev–Trinajstić information content (AvgIpc) is 3.16. The van der Waals surface area contributed by atoms with Gasteiger partial charge in [0, 0.05) is 18.7 Å². The monoisotopic (exact) mass is 416 g/mol. The van der Waals surface area contributed by atoms with E-state index >= 15 is 0 Å². The van der Waals surface area contributed by atoms with Crippen molar-refractivity contribution in [3.8, 4) is 5.69 Å². The molecule has 8 heteroatoms. The van der Waals surface area contributed by atoms with E-state index in [0.29, 0.717) is 23.3 Å². The van der Waals surface area contributed by atoms with Gasteiger partial charge in [-0.05, 0) is 35.7 Å². The van der Waals surface area contributed by atoms with Crippen molar-refractivity contribution in [1.29, 1.82) is 0 Å². The largest absolute Gasteiger partial charge is 0.380 e. The van der Waals surface area contributed by atoms with E-state index in [1.165, 1.54) is 11.8 Å². The normalized spacial score (nSPS) is 10.8. The Kier molecular flexibility index (Phi) is 7.08. The van der Waals surface area contributed by atoms with Gasteiger partial charge in [-0.15, -0.1) is 10.2 Å². The first-order valence-electron chi connectivity index (χ1n) is 8.69. The summed E-state index contributed by atoms with van der Waals surface area (Å²) in [7, 11) is 1.66. The van der Waals surface area contributed by atoms with Crippen LogP contribution in [0, 0.1) is 6.92 Å². The van der Waals surface area contributed by atoms with Crippen molar-refractivity contribution in [1.82, 2.24) is 20.1 Å². The van der Waals surface area contributed by atoms with Crippen LogP contribution in [0.15, 0.2) is 53.9 Å². The number of nitrogens with one attached hydrogen (secondary N) is 1. The number of benzene rings is 2. The van der Waals surface area contributed by atoms with Gasteiger partial charge < -0.3 is 10.1 Å². The van der Waals surface area contributed by atoms with Crippen LogP contribution in [-0.2, 0) is 22.7 Å². The smallest absolute Gasteiger partial charge is 0.230 e. The maximum Gasteiger partial charge on any atom is 0.230 e. The minimum atomic E-state index is -0.0707. The average molecular weight is 417 g/mol.